The summed E-state index contributed by atoms with van der Waals surface area (Å²) in [6, 6.07) is 1.16. The molecule has 0 aromatic heterocycles. The fraction of sp³-hybridized carbons (Fsp3) is 0.750. The summed E-state index contributed by atoms with van der Waals surface area (Å²) in [5.41, 5.74) is 0. The van der Waals surface area contributed by atoms with Gasteiger partial charge in [-0.1, -0.05) is 19.8 Å². The molecule has 1 heteroatoms. The molecule has 0 radical (unpaired) electrons. The third kappa shape index (κ3) is 1.46. The summed E-state index contributed by atoms with van der Waals surface area (Å²) in [7, 11) is 0. The zero-order valence-electron chi connectivity index (χ0n) is 6.23. The smallest absolute Gasteiger partial charge is 0.0850 e. The van der Waals surface area contributed by atoms with Crippen LogP contribution in [0.3, 0.4) is 0 Å². The summed E-state index contributed by atoms with van der Waals surface area (Å²) in [4.78, 5) is 0. The van der Waals surface area contributed by atoms with Gasteiger partial charge in [-0.25, -0.2) is 0 Å². The summed E-state index contributed by atoms with van der Waals surface area (Å²) in [5.74, 6) is 6.72. The fourth-order valence-electron chi connectivity index (χ4n) is 1.02. The Hall–Kier alpha value is -0.480. The zero-order valence-corrected chi connectivity index (χ0v) is 6.23. The van der Waals surface area contributed by atoms with E-state index in [1.54, 1.807) is 0 Å². The molecule has 0 bridgehead atoms. The molecule has 2 atom stereocenters. The van der Waals surface area contributed by atoms with E-state index < -0.39 is 0 Å². The monoisotopic (exact) mass is 123 g/mol. The highest BCUT2D eigenvalue weighted by Crippen LogP contribution is 2.18. The third-order valence-electron chi connectivity index (χ3n) is 1.64. The Bertz CT molecular complexity index is 150. The van der Waals surface area contributed by atoms with Gasteiger partial charge < -0.3 is 0 Å². The zero-order chi connectivity index (χ0) is 6.85. The Labute approximate surface area is 56.8 Å². The first-order valence-corrected chi connectivity index (χ1v) is 3.44. The Morgan fingerprint density at radius 1 is 1.44 bits per heavy atom. The van der Waals surface area contributed by atoms with Crippen LogP contribution in [0.2, 0.25) is 0 Å². The van der Waals surface area contributed by atoms with Gasteiger partial charge in [0.2, 0.25) is 0 Å². The minimum atomic E-state index is 0.495. The maximum Gasteiger partial charge on any atom is 0.0850 e. The van der Waals surface area contributed by atoms with Gasteiger partial charge in [-0.05, 0) is 12.8 Å². The number of hydrogen-bond acceptors (Lipinski definition) is 1. The van der Waals surface area contributed by atoms with Crippen molar-refractivity contribution in [2.45, 2.75) is 32.9 Å². The van der Waals surface area contributed by atoms with Crippen molar-refractivity contribution in [3.05, 3.63) is 0 Å². The van der Waals surface area contributed by atoms with Crippen LogP contribution >= 0.6 is 0 Å². The van der Waals surface area contributed by atoms with Gasteiger partial charge >= 0.3 is 0 Å². The van der Waals surface area contributed by atoms with Crippen molar-refractivity contribution >= 4 is 0 Å². The van der Waals surface area contributed by atoms with Crippen LogP contribution in [0.25, 0.3) is 0 Å². The van der Waals surface area contributed by atoms with Crippen LogP contribution in [0.15, 0.2) is 0 Å². The van der Waals surface area contributed by atoms with Crippen LogP contribution in [0.5, 0.6) is 0 Å². The van der Waals surface area contributed by atoms with Gasteiger partial charge in [0.15, 0.2) is 0 Å². The van der Waals surface area contributed by atoms with Crippen molar-refractivity contribution in [2.24, 2.45) is 5.92 Å². The molecule has 1 rings (SSSR count). The predicted molar refractivity (Wildman–Crippen MR) is 39.0 cm³/mol. The molecule has 50 valence electrons. The average molecular weight is 123 g/mol. The number of hydrogen-bond donors (Lipinski definition) is 1. The lowest BCUT2D eigenvalue weighted by Gasteiger charge is -1.94. The summed E-state index contributed by atoms with van der Waals surface area (Å²) < 4.78 is 0. The lowest BCUT2D eigenvalue weighted by Crippen LogP contribution is -2.01. The third-order valence-corrected chi connectivity index (χ3v) is 1.64. The normalized spacial score (nSPS) is 31.6. The summed E-state index contributed by atoms with van der Waals surface area (Å²) in [6.45, 7) is 6.32. The van der Waals surface area contributed by atoms with E-state index in [0.717, 1.165) is 5.92 Å². The molecule has 1 nitrogen and oxygen atoms in total. The van der Waals surface area contributed by atoms with Crippen molar-refractivity contribution in [1.82, 2.24) is 5.32 Å². The van der Waals surface area contributed by atoms with Gasteiger partial charge in [-0.15, -0.1) is 5.92 Å². The maximum absolute atomic E-state index is 3.30. The quantitative estimate of drug-likeness (QED) is 0.408. The Kier molecular flexibility index (Phi) is 1.78. The highest BCUT2D eigenvalue weighted by molar-refractivity contribution is 5.20. The first kappa shape index (κ1) is 6.64. The van der Waals surface area contributed by atoms with Crippen LogP contribution in [-0.2, 0) is 0 Å². The standard InChI is InChI=1S/C8H13N/c1-4-5-7-8(9-7)6(2)3/h6-9H,1-3H3/t7-,8-/m1/s1. The SMILES string of the molecule is CC#C[C@H]1N[C@@H]1C(C)C. The van der Waals surface area contributed by atoms with Crippen molar-refractivity contribution < 1.29 is 0 Å². The molecule has 0 spiro atoms. The van der Waals surface area contributed by atoms with E-state index in [4.69, 9.17) is 0 Å². The van der Waals surface area contributed by atoms with Crippen LogP contribution < -0.4 is 5.32 Å². The molecule has 0 saturated carbocycles. The summed E-state index contributed by atoms with van der Waals surface area (Å²) in [6.07, 6.45) is 0. The van der Waals surface area contributed by atoms with E-state index in [0.29, 0.717) is 12.1 Å². The van der Waals surface area contributed by atoms with Gasteiger partial charge in [-0.3, -0.25) is 5.32 Å². The van der Waals surface area contributed by atoms with E-state index in [1.165, 1.54) is 0 Å². The molecule has 1 saturated heterocycles. The topological polar surface area (TPSA) is 21.9 Å². The Morgan fingerprint density at radius 3 is 2.44 bits per heavy atom. The fourth-order valence-corrected chi connectivity index (χ4v) is 1.02. The lowest BCUT2D eigenvalue weighted by molar-refractivity contribution is 0.627. The molecular weight excluding hydrogens is 110 g/mol. The molecule has 9 heavy (non-hydrogen) atoms. The summed E-state index contributed by atoms with van der Waals surface area (Å²) in [5, 5.41) is 3.30. The second kappa shape index (κ2) is 2.41. The van der Waals surface area contributed by atoms with E-state index in [2.05, 4.69) is 31.0 Å². The van der Waals surface area contributed by atoms with E-state index in [1.807, 2.05) is 6.92 Å². The van der Waals surface area contributed by atoms with Gasteiger partial charge in [0.05, 0.1) is 6.04 Å². The van der Waals surface area contributed by atoms with E-state index in [9.17, 15) is 0 Å². The second-order valence-electron chi connectivity index (χ2n) is 2.81. The largest absolute Gasteiger partial charge is 0.297 e. The molecular formula is C8H13N. The Morgan fingerprint density at radius 2 is 2.11 bits per heavy atom. The highest BCUT2D eigenvalue weighted by atomic mass is 15.1. The first-order valence-electron chi connectivity index (χ1n) is 3.44. The van der Waals surface area contributed by atoms with Crippen molar-refractivity contribution in [1.29, 1.82) is 0 Å². The van der Waals surface area contributed by atoms with Crippen LogP contribution in [-0.4, -0.2) is 12.1 Å². The predicted octanol–water partition coefficient (Wildman–Crippen LogP) is 1.01. The highest BCUT2D eigenvalue weighted by Gasteiger charge is 2.36. The first-order chi connectivity index (χ1) is 4.25. The molecule has 0 aromatic rings. The van der Waals surface area contributed by atoms with Crippen molar-refractivity contribution in [2.75, 3.05) is 0 Å². The minimum absolute atomic E-state index is 0.495. The molecule has 1 N–H and O–H groups in total. The molecule has 1 aliphatic heterocycles. The minimum Gasteiger partial charge on any atom is -0.297 e. The molecule has 0 aromatic carbocycles. The van der Waals surface area contributed by atoms with Gasteiger partial charge in [0.1, 0.15) is 0 Å². The van der Waals surface area contributed by atoms with Crippen LogP contribution in [0.1, 0.15) is 20.8 Å². The maximum atomic E-state index is 3.30. The molecule has 0 unspecified atom stereocenters. The van der Waals surface area contributed by atoms with Gasteiger partial charge in [0.25, 0.3) is 0 Å². The van der Waals surface area contributed by atoms with Crippen LogP contribution in [0.4, 0.5) is 0 Å². The van der Waals surface area contributed by atoms with E-state index in [-0.39, 0.29) is 0 Å². The molecule has 1 heterocycles. The molecule has 0 amide bonds. The van der Waals surface area contributed by atoms with E-state index >= 15 is 0 Å². The molecule has 1 fully saturated rings. The number of rotatable bonds is 1. The average Bonchev–Trinajstić information content (AvgIpc) is 2.47. The second-order valence-corrected chi connectivity index (χ2v) is 2.81. The summed E-state index contributed by atoms with van der Waals surface area (Å²) >= 11 is 0. The lowest BCUT2D eigenvalue weighted by atomic mass is 10.1. The molecule has 0 aliphatic carbocycles. The van der Waals surface area contributed by atoms with Gasteiger partial charge in [-0.2, -0.15) is 0 Å². The van der Waals surface area contributed by atoms with Crippen molar-refractivity contribution in [3.63, 3.8) is 0 Å². The molecule has 1 aliphatic rings. The van der Waals surface area contributed by atoms with Crippen LogP contribution in [0, 0.1) is 17.8 Å². The Balaban J connectivity index is 2.30. The number of nitrogens with one attached hydrogen (secondary N) is 1. The van der Waals surface area contributed by atoms with Gasteiger partial charge in [0, 0.05) is 6.04 Å². The van der Waals surface area contributed by atoms with Crippen molar-refractivity contribution in [3.8, 4) is 11.8 Å².